The van der Waals surface area contributed by atoms with Crippen LogP contribution >= 0.6 is 0 Å². The average molecular weight is 314 g/mol. The zero-order chi connectivity index (χ0) is 16.3. The molecule has 124 valence electrons. The number of hydrogen-bond acceptors (Lipinski definition) is 3. The minimum absolute atomic E-state index is 0.0760. The lowest BCUT2D eigenvalue weighted by Crippen LogP contribution is -2.26. The van der Waals surface area contributed by atoms with Crippen LogP contribution in [0.25, 0.3) is 0 Å². The van der Waals surface area contributed by atoms with Gasteiger partial charge in [-0.1, -0.05) is 31.4 Å². The monoisotopic (exact) mass is 314 g/mol. The number of aryl methyl sites for hydroxylation is 1. The molecule has 1 fully saturated rings. The molecule has 0 spiro atoms. The van der Waals surface area contributed by atoms with Crippen LogP contribution in [0.3, 0.4) is 0 Å². The van der Waals surface area contributed by atoms with Gasteiger partial charge in [-0.2, -0.15) is 5.26 Å². The van der Waals surface area contributed by atoms with Crippen molar-refractivity contribution in [2.45, 2.75) is 57.5 Å². The molecule has 0 bridgehead atoms. The van der Waals surface area contributed by atoms with Gasteiger partial charge < -0.3 is 10.1 Å². The molecule has 1 amide bonds. The first kappa shape index (κ1) is 17.5. The van der Waals surface area contributed by atoms with Gasteiger partial charge in [0, 0.05) is 19.6 Å². The fourth-order valence-electron chi connectivity index (χ4n) is 2.87. The zero-order valence-electron chi connectivity index (χ0n) is 13.7. The van der Waals surface area contributed by atoms with Gasteiger partial charge in [0.05, 0.1) is 17.7 Å². The largest absolute Gasteiger partial charge is 0.378 e. The van der Waals surface area contributed by atoms with Crippen LogP contribution in [0.1, 0.15) is 56.1 Å². The van der Waals surface area contributed by atoms with E-state index in [2.05, 4.69) is 11.4 Å². The van der Waals surface area contributed by atoms with E-state index in [0.29, 0.717) is 31.1 Å². The number of amides is 1. The SMILES string of the molecule is N#Cc1ccc(CCC(=O)NCCCOC2CCCCC2)cc1. The highest BCUT2D eigenvalue weighted by molar-refractivity contribution is 5.76. The van der Waals surface area contributed by atoms with Crippen LogP contribution in [0.5, 0.6) is 0 Å². The third-order valence-electron chi connectivity index (χ3n) is 4.27. The van der Waals surface area contributed by atoms with Crippen molar-refractivity contribution >= 4 is 5.91 Å². The Labute approximate surface area is 138 Å². The Morgan fingerprint density at radius 1 is 1.22 bits per heavy atom. The van der Waals surface area contributed by atoms with Gasteiger partial charge in [-0.25, -0.2) is 0 Å². The number of nitrogens with one attached hydrogen (secondary N) is 1. The maximum atomic E-state index is 11.8. The third kappa shape index (κ3) is 6.83. The van der Waals surface area contributed by atoms with E-state index in [9.17, 15) is 4.79 Å². The summed E-state index contributed by atoms with van der Waals surface area (Å²) in [5.74, 6) is 0.0760. The normalized spacial score (nSPS) is 15.1. The van der Waals surface area contributed by atoms with E-state index >= 15 is 0 Å². The number of rotatable bonds is 8. The van der Waals surface area contributed by atoms with Crippen molar-refractivity contribution in [2.75, 3.05) is 13.2 Å². The number of nitrogens with zero attached hydrogens (tertiary/aromatic N) is 1. The molecule has 4 heteroatoms. The maximum absolute atomic E-state index is 11.8. The molecule has 0 aromatic heterocycles. The summed E-state index contributed by atoms with van der Waals surface area (Å²) in [5, 5.41) is 11.7. The summed E-state index contributed by atoms with van der Waals surface area (Å²) in [6, 6.07) is 9.48. The predicted octanol–water partition coefficient (Wildman–Crippen LogP) is 3.35. The quantitative estimate of drug-likeness (QED) is 0.749. The lowest BCUT2D eigenvalue weighted by Gasteiger charge is -2.21. The van der Waals surface area contributed by atoms with Gasteiger partial charge in [-0.05, 0) is 43.4 Å². The lowest BCUT2D eigenvalue weighted by atomic mass is 9.98. The maximum Gasteiger partial charge on any atom is 0.220 e. The summed E-state index contributed by atoms with van der Waals surface area (Å²) in [4.78, 5) is 11.8. The van der Waals surface area contributed by atoms with Gasteiger partial charge in [-0.15, -0.1) is 0 Å². The molecule has 1 aliphatic carbocycles. The van der Waals surface area contributed by atoms with Crippen LogP contribution in [0.4, 0.5) is 0 Å². The van der Waals surface area contributed by atoms with Gasteiger partial charge in [0.2, 0.25) is 5.91 Å². The zero-order valence-corrected chi connectivity index (χ0v) is 13.7. The first-order valence-electron chi connectivity index (χ1n) is 8.65. The molecule has 1 saturated carbocycles. The molecule has 0 unspecified atom stereocenters. The van der Waals surface area contributed by atoms with E-state index in [1.807, 2.05) is 12.1 Å². The Kier molecular flexibility index (Phi) is 7.62. The summed E-state index contributed by atoms with van der Waals surface area (Å²) >= 11 is 0. The Hall–Kier alpha value is -1.86. The van der Waals surface area contributed by atoms with Crippen molar-refractivity contribution in [3.8, 4) is 6.07 Å². The molecule has 1 aromatic carbocycles. The van der Waals surface area contributed by atoms with Crippen LogP contribution in [0, 0.1) is 11.3 Å². The summed E-state index contributed by atoms with van der Waals surface area (Å²) in [6.07, 6.45) is 8.80. The smallest absolute Gasteiger partial charge is 0.220 e. The molecule has 0 aliphatic heterocycles. The molecule has 1 aromatic rings. The molecule has 0 heterocycles. The summed E-state index contributed by atoms with van der Waals surface area (Å²) in [7, 11) is 0. The molecule has 23 heavy (non-hydrogen) atoms. The van der Waals surface area contributed by atoms with E-state index in [4.69, 9.17) is 10.00 Å². The van der Waals surface area contributed by atoms with Crippen LogP contribution in [-0.4, -0.2) is 25.2 Å². The first-order valence-corrected chi connectivity index (χ1v) is 8.65. The van der Waals surface area contributed by atoms with Crippen LogP contribution in [0.2, 0.25) is 0 Å². The van der Waals surface area contributed by atoms with Crippen molar-refractivity contribution in [1.29, 1.82) is 5.26 Å². The van der Waals surface area contributed by atoms with E-state index in [1.54, 1.807) is 12.1 Å². The van der Waals surface area contributed by atoms with E-state index in [0.717, 1.165) is 18.6 Å². The van der Waals surface area contributed by atoms with Crippen LogP contribution in [0.15, 0.2) is 24.3 Å². The number of carbonyl (C=O) groups excluding carboxylic acids is 1. The molecule has 2 rings (SSSR count). The number of nitriles is 1. The van der Waals surface area contributed by atoms with Gasteiger partial charge in [0.25, 0.3) is 0 Å². The fourth-order valence-corrected chi connectivity index (χ4v) is 2.87. The molecule has 0 saturated heterocycles. The lowest BCUT2D eigenvalue weighted by molar-refractivity contribution is -0.121. The summed E-state index contributed by atoms with van der Waals surface area (Å²) in [5.41, 5.74) is 1.73. The molecule has 1 N–H and O–H groups in total. The highest BCUT2D eigenvalue weighted by Gasteiger charge is 2.13. The topological polar surface area (TPSA) is 62.1 Å². The van der Waals surface area contributed by atoms with Gasteiger partial charge >= 0.3 is 0 Å². The minimum Gasteiger partial charge on any atom is -0.378 e. The van der Waals surface area contributed by atoms with E-state index < -0.39 is 0 Å². The minimum atomic E-state index is 0.0760. The Morgan fingerprint density at radius 3 is 2.65 bits per heavy atom. The van der Waals surface area contributed by atoms with Crippen molar-refractivity contribution < 1.29 is 9.53 Å². The Balaban J connectivity index is 1.51. The third-order valence-corrected chi connectivity index (χ3v) is 4.27. The van der Waals surface area contributed by atoms with Crippen molar-refractivity contribution in [2.24, 2.45) is 0 Å². The van der Waals surface area contributed by atoms with Gasteiger partial charge in [-0.3, -0.25) is 4.79 Å². The molecule has 0 atom stereocenters. The second-order valence-electron chi connectivity index (χ2n) is 6.14. The van der Waals surface area contributed by atoms with Crippen molar-refractivity contribution in [3.05, 3.63) is 35.4 Å². The molecule has 1 aliphatic rings. The van der Waals surface area contributed by atoms with E-state index in [1.165, 1.54) is 32.1 Å². The first-order chi connectivity index (χ1) is 11.3. The fraction of sp³-hybridized carbons (Fsp3) is 0.579. The molecular weight excluding hydrogens is 288 g/mol. The molecule has 4 nitrogen and oxygen atoms in total. The Morgan fingerprint density at radius 2 is 1.96 bits per heavy atom. The number of hydrogen-bond donors (Lipinski definition) is 1. The summed E-state index contributed by atoms with van der Waals surface area (Å²) in [6.45, 7) is 1.42. The van der Waals surface area contributed by atoms with Gasteiger partial charge in [0.15, 0.2) is 0 Å². The van der Waals surface area contributed by atoms with Crippen molar-refractivity contribution in [1.82, 2.24) is 5.32 Å². The highest BCUT2D eigenvalue weighted by atomic mass is 16.5. The molecule has 0 radical (unpaired) electrons. The van der Waals surface area contributed by atoms with E-state index in [-0.39, 0.29) is 5.91 Å². The predicted molar refractivity (Wildman–Crippen MR) is 89.9 cm³/mol. The second kappa shape index (κ2) is 10.0. The average Bonchev–Trinajstić information content (AvgIpc) is 2.61. The number of ether oxygens (including phenoxy) is 1. The Bertz CT molecular complexity index is 513. The van der Waals surface area contributed by atoms with Crippen LogP contribution < -0.4 is 5.32 Å². The number of benzene rings is 1. The second-order valence-corrected chi connectivity index (χ2v) is 6.14. The summed E-state index contributed by atoms with van der Waals surface area (Å²) < 4.78 is 5.84. The molecular formula is C19H26N2O2. The van der Waals surface area contributed by atoms with Gasteiger partial charge in [0.1, 0.15) is 0 Å². The highest BCUT2D eigenvalue weighted by Crippen LogP contribution is 2.20. The van der Waals surface area contributed by atoms with Crippen LogP contribution in [-0.2, 0) is 16.0 Å². The standard InChI is InChI=1S/C19H26N2O2/c20-15-17-9-7-16(8-10-17)11-12-19(22)21-13-4-14-23-18-5-2-1-3-6-18/h7-10,18H,1-6,11-14H2,(H,21,22). The number of carbonyl (C=O) groups is 1. The van der Waals surface area contributed by atoms with Crippen molar-refractivity contribution in [3.63, 3.8) is 0 Å².